The summed E-state index contributed by atoms with van der Waals surface area (Å²) in [6.45, 7) is 4.11. The zero-order chi connectivity index (χ0) is 15.9. The van der Waals surface area contributed by atoms with E-state index >= 15 is 0 Å². The fourth-order valence-corrected chi connectivity index (χ4v) is 5.15. The Labute approximate surface area is 132 Å². The molecule has 3 aliphatic rings. The molecule has 2 bridgehead atoms. The summed E-state index contributed by atoms with van der Waals surface area (Å²) in [5.74, 6) is -1.45. The first kappa shape index (κ1) is 15.6. The van der Waals surface area contributed by atoms with Crippen LogP contribution in [0.25, 0.3) is 0 Å². The van der Waals surface area contributed by atoms with Crippen LogP contribution in [0.2, 0.25) is 0 Å². The van der Waals surface area contributed by atoms with Crippen molar-refractivity contribution >= 4 is 11.9 Å². The van der Waals surface area contributed by atoms with Gasteiger partial charge in [0.1, 0.15) is 0 Å². The largest absolute Gasteiger partial charge is 0.481 e. The van der Waals surface area contributed by atoms with Crippen LogP contribution in [0.15, 0.2) is 11.1 Å². The maximum Gasteiger partial charge on any atom is 0.307 e. The maximum absolute atomic E-state index is 12.8. The number of carbonyl (C=O) groups is 2. The van der Waals surface area contributed by atoms with Gasteiger partial charge in [0.05, 0.1) is 11.8 Å². The van der Waals surface area contributed by atoms with E-state index in [9.17, 15) is 14.7 Å². The number of carboxylic acid groups (broad SMARTS) is 1. The molecule has 0 aromatic carbocycles. The number of aliphatic carboxylic acids is 1. The third-order valence-electron chi connectivity index (χ3n) is 5.96. The van der Waals surface area contributed by atoms with Gasteiger partial charge in [-0.25, -0.2) is 0 Å². The van der Waals surface area contributed by atoms with Gasteiger partial charge in [0, 0.05) is 6.04 Å². The van der Waals surface area contributed by atoms with Crippen molar-refractivity contribution < 1.29 is 14.7 Å². The van der Waals surface area contributed by atoms with Gasteiger partial charge in [-0.2, -0.15) is 0 Å². The average Bonchev–Trinajstić information content (AvgIpc) is 3.03. The van der Waals surface area contributed by atoms with Crippen molar-refractivity contribution in [1.29, 1.82) is 0 Å². The molecule has 1 amide bonds. The van der Waals surface area contributed by atoms with E-state index in [0.717, 1.165) is 25.7 Å². The summed E-state index contributed by atoms with van der Waals surface area (Å²) < 4.78 is 0. The Bertz CT molecular complexity index is 500. The van der Waals surface area contributed by atoms with E-state index in [2.05, 4.69) is 19.2 Å². The molecule has 2 N–H and O–H groups in total. The van der Waals surface area contributed by atoms with Crippen molar-refractivity contribution in [2.75, 3.05) is 0 Å². The van der Waals surface area contributed by atoms with Crippen molar-refractivity contribution in [3.63, 3.8) is 0 Å². The number of nitrogens with one attached hydrogen (secondary N) is 1. The monoisotopic (exact) mass is 305 g/mol. The van der Waals surface area contributed by atoms with Gasteiger partial charge in [-0.1, -0.05) is 30.4 Å². The van der Waals surface area contributed by atoms with Gasteiger partial charge in [0.15, 0.2) is 0 Å². The first-order chi connectivity index (χ1) is 10.5. The molecule has 0 heterocycles. The Kier molecular flexibility index (Phi) is 4.28. The van der Waals surface area contributed by atoms with Crippen molar-refractivity contribution in [2.24, 2.45) is 23.7 Å². The lowest BCUT2D eigenvalue weighted by Crippen LogP contribution is -2.45. The number of hydrogen-bond acceptors (Lipinski definition) is 2. The van der Waals surface area contributed by atoms with Crippen LogP contribution < -0.4 is 5.32 Å². The minimum absolute atomic E-state index is 0.00903. The van der Waals surface area contributed by atoms with Gasteiger partial charge in [-0.05, 0) is 51.4 Å². The van der Waals surface area contributed by atoms with Crippen LogP contribution in [-0.4, -0.2) is 23.0 Å². The summed E-state index contributed by atoms with van der Waals surface area (Å²) in [7, 11) is 0. The minimum Gasteiger partial charge on any atom is -0.481 e. The Balaban J connectivity index is 1.80. The maximum atomic E-state index is 12.8. The molecule has 0 radical (unpaired) electrons. The molecule has 0 aliphatic heterocycles. The molecule has 22 heavy (non-hydrogen) atoms. The number of fused-ring (bicyclic) bond motifs is 2. The molecule has 3 aliphatic carbocycles. The summed E-state index contributed by atoms with van der Waals surface area (Å²) in [6, 6.07) is 0.255. The summed E-state index contributed by atoms with van der Waals surface area (Å²) >= 11 is 0. The highest BCUT2D eigenvalue weighted by Crippen LogP contribution is 2.57. The van der Waals surface area contributed by atoms with Crippen LogP contribution in [0, 0.1) is 23.7 Å². The second-order valence-electron chi connectivity index (χ2n) is 7.48. The van der Waals surface area contributed by atoms with Gasteiger partial charge < -0.3 is 10.4 Å². The molecule has 0 saturated heterocycles. The molecule has 3 saturated carbocycles. The zero-order valence-corrected chi connectivity index (χ0v) is 13.6. The van der Waals surface area contributed by atoms with Crippen LogP contribution in [0.1, 0.15) is 58.8 Å². The van der Waals surface area contributed by atoms with Crippen molar-refractivity contribution in [3.8, 4) is 0 Å². The van der Waals surface area contributed by atoms with Crippen molar-refractivity contribution in [2.45, 2.75) is 64.8 Å². The van der Waals surface area contributed by atoms with Crippen LogP contribution >= 0.6 is 0 Å². The molecule has 0 spiro atoms. The molecule has 122 valence electrons. The smallest absolute Gasteiger partial charge is 0.307 e. The van der Waals surface area contributed by atoms with E-state index in [1.807, 2.05) is 0 Å². The van der Waals surface area contributed by atoms with E-state index in [-0.39, 0.29) is 29.7 Å². The SMILES string of the molecule is CC(C)=C1[C@H]2CC[C@H]1[C@@H](C(=O)NC1CCCCC1)[C@@H]2C(=O)O. The fraction of sp³-hybridized carbons (Fsp3) is 0.778. The molecular formula is C18H27NO3. The number of allylic oxidation sites excluding steroid dienone is 2. The summed E-state index contributed by atoms with van der Waals surface area (Å²) in [4.78, 5) is 24.6. The Morgan fingerprint density at radius 3 is 2.09 bits per heavy atom. The molecule has 4 heteroatoms. The summed E-state index contributed by atoms with van der Waals surface area (Å²) in [5.41, 5.74) is 2.47. The fourth-order valence-electron chi connectivity index (χ4n) is 5.15. The van der Waals surface area contributed by atoms with Crippen LogP contribution in [0.5, 0.6) is 0 Å². The molecule has 3 rings (SSSR count). The average molecular weight is 305 g/mol. The Morgan fingerprint density at radius 2 is 1.55 bits per heavy atom. The van der Waals surface area contributed by atoms with Gasteiger partial charge in [-0.15, -0.1) is 0 Å². The highest BCUT2D eigenvalue weighted by molar-refractivity contribution is 5.87. The van der Waals surface area contributed by atoms with E-state index in [1.54, 1.807) is 0 Å². The number of carbonyl (C=O) groups excluding carboxylic acids is 1. The van der Waals surface area contributed by atoms with Gasteiger partial charge in [-0.3, -0.25) is 9.59 Å². The predicted octanol–water partition coefficient (Wildman–Crippen LogP) is 3.13. The predicted molar refractivity (Wildman–Crippen MR) is 84.2 cm³/mol. The Morgan fingerprint density at radius 1 is 0.955 bits per heavy atom. The van der Waals surface area contributed by atoms with E-state index in [0.29, 0.717) is 0 Å². The molecule has 3 fully saturated rings. The zero-order valence-electron chi connectivity index (χ0n) is 13.6. The van der Waals surface area contributed by atoms with Crippen LogP contribution in [0.4, 0.5) is 0 Å². The van der Waals surface area contributed by atoms with Crippen LogP contribution in [0.3, 0.4) is 0 Å². The number of carboxylic acids is 1. The molecule has 0 unspecified atom stereocenters. The van der Waals surface area contributed by atoms with Crippen molar-refractivity contribution in [3.05, 3.63) is 11.1 Å². The van der Waals surface area contributed by atoms with E-state index < -0.39 is 11.9 Å². The highest BCUT2D eigenvalue weighted by Gasteiger charge is 2.57. The topological polar surface area (TPSA) is 66.4 Å². The molecule has 4 nitrogen and oxygen atoms in total. The highest BCUT2D eigenvalue weighted by atomic mass is 16.4. The first-order valence-corrected chi connectivity index (χ1v) is 8.71. The van der Waals surface area contributed by atoms with Gasteiger partial charge in [0.25, 0.3) is 0 Å². The molecular weight excluding hydrogens is 278 g/mol. The lowest BCUT2D eigenvalue weighted by Gasteiger charge is -2.30. The quantitative estimate of drug-likeness (QED) is 0.787. The van der Waals surface area contributed by atoms with Crippen LogP contribution in [-0.2, 0) is 9.59 Å². The molecule has 0 aromatic rings. The van der Waals surface area contributed by atoms with E-state index in [4.69, 9.17) is 0 Å². The van der Waals surface area contributed by atoms with Gasteiger partial charge >= 0.3 is 5.97 Å². The summed E-state index contributed by atoms with van der Waals surface area (Å²) in [6.07, 6.45) is 7.57. The third-order valence-corrected chi connectivity index (χ3v) is 5.96. The first-order valence-electron chi connectivity index (χ1n) is 8.71. The number of rotatable bonds is 3. The number of hydrogen-bond donors (Lipinski definition) is 2. The van der Waals surface area contributed by atoms with Gasteiger partial charge in [0.2, 0.25) is 5.91 Å². The van der Waals surface area contributed by atoms with Crippen molar-refractivity contribution in [1.82, 2.24) is 5.32 Å². The number of amides is 1. The lowest BCUT2D eigenvalue weighted by molar-refractivity contribution is -0.149. The lowest BCUT2D eigenvalue weighted by atomic mass is 9.78. The molecule has 4 atom stereocenters. The Hall–Kier alpha value is -1.32. The summed E-state index contributed by atoms with van der Waals surface area (Å²) in [5, 5.41) is 12.8. The second-order valence-corrected chi connectivity index (χ2v) is 7.48. The second kappa shape index (κ2) is 6.05. The normalized spacial score (nSPS) is 34.7. The molecule has 0 aromatic heterocycles. The third kappa shape index (κ3) is 2.57. The van der Waals surface area contributed by atoms with E-state index in [1.165, 1.54) is 30.4 Å². The minimum atomic E-state index is -0.797. The standard InChI is InChI=1S/C18H27NO3/c1-10(2)14-12-8-9-13(14)16(18(21)22)15(12)17(20)19-11-6-4-3-5-7-11/h11-13,15-16H,3-9H2,1-2H3,(H,19,20)(H,21,22)/t12-,13-,15-,16-/m1/s1.